The number of carbonyl (C=O) groups excluding carboxylic acids is 1. The molecule has 0 aliphatic rings. The van der Waals surface area contributed by atoms with E-state index in [0.717, 1.165) is 17.4 Å². The van der Waals surface area contributed by atoms with Crippen LogP contribution in [-0.4, -0.2) is 11.4 Å². The number of benzene rings is 1. The Kier molecular flexibility index (Phi) is 3.13. The monoisotopic (exact) mass is 272 g/mol. The molecule has 0 aliphatic heterocycles. The van der Waals surface area contributed by atoms with Crippen molar-refractivity contribution in [3.05, 3.63) is 40.1 Å². The van der Waals surface area contributed by atoms with Crippen molar-refractivity contribution >= 4 is 17.6 Å². The molecular formula is C12H7F3O2S. The zero-order valence-corrected chi connectivity index (χ0v) is 9.68. The molecule has 0 fully saturated rings. The van der Waals surface area contributed by atoms with E-state index in [1.165, 1.54) is 12.1 Å². The van der Waals surface area contributed by atoms with Crippen LogP contribution in [0.4, 0.5) is 13.2 Å². The summed E-state index contributed by atoms with van der Waals surface area (Å²) in [4.78, 5) is 10.9. The Morgan fingerprint density at radius 2 is 1.83 bits per heavy atom. The van der Waals surface area contributed by atoms with Crippen LogP contribution < -0.4 is 0 Å². The fraction of sp³-hybridized carbons (Fsp3) is 0.0833. The van der Waals surface area contributed by atoms with Crippen LogP contribution in [0.5, 0.6) is 5.75 Å². The van der Waals surface area contributed by atoms with E-state index >= 15 is 0 Å². The number of hydrogen-bond acceptors (Lipinski definition) is 3. The van der Waals surface area contributed by atoms with Crippen molar-refractivity contribution in [1.29, 1.82) is 0 Å². The number of alkyl halides is 3. The van der Waals surface area contributed by atoms with Crippen LogP contribution in [0.15, 0.2) is 29.6 Å². The van der Waals surface area contributed by atoms with Gasteiger partial charge in [0.1, 0.15) is 5.75 Å². The van der Waals surface area contributed by atoms with Gasteiger partial charge in [0, 0.05) is 0 Å². The summed E-state index contributed by atoms with van der Waals surface area (Å²) in [6.07, 6.45) is -3.89. The van der Waals surface area contributed by atoms with E-state index in [1.54, 1.807) is 5.38 Å². The molecule has 0 saturated heterocycles. The van der Waals surface area contributed by atoms with Crippen molar-refractivity contribution in [3.63, 3.8) is 0 Å². The summed E-state index contributed by atoms with van der Waals surface area (Å²) in [7, 11) is 0. The Morgan fingerprint density at radius 1 is 1.11 bits per heavy atom. The normalized spacial score (nSPS) is 11.5. The number of aldehydes is 1. The highest BCUT2D eigenvalue weighted by Gasteiger charge is 2.31. The van der Waals surface area contributed by atoms with E-state index in [9.17, 15) is 23.1 Å². The maximum atomic E-state index is 12.6. The highest BCUT2D eigenvalue weighted by atomic mass is 32.1. The van der Waals surface area contributed by atoms with Crippen molar-refractivity contribution in [1.82, 2.24) is 0 Å². The standard InChI is InChI=1S/C12H7F3O2S/c13-12(14,15)9-1-7(2-10(17)4-9)8-3-11(5-16)18-6-8/h1-6,17H. The maximum absolute atomic E-state index is 12.6. The van der Waals surface area contributed by atoms with E-state index in [0.29, 0.717) is 22.8 Å². The van der Waals surface area contributed by atoms with Gasteiger partial charge in [0.25, 0.3) is 0 Å². The van der Waals surface area contributed by atoms with Crippen LogP contribution in [0.2, 0.25) is 0 Å². The summed E-state index contributed by atoms with van der Waals surface area (Å²) in [5.41, 5.74) is -0.216. The number of hydrogen-bond donors (Lipinski definition) is 1. The number of thiophene rings is 1. The Labute approximate surface area is 104 Å². The van der Waals surface area contributed by atoms with Crippen LogP contribution in [0.25, 0.3) is 11.1 Å². The lowest BCUT2D eigenvalue weighted by Gasteiger charge is -2.09. The van der Waals surface area contributed by atoms with Crippen molar-refractivity contribution in [3.8, 4) is 16.9 Å². The van der Waals surface area contributed by atoms with Crippen molar-refractivity contribution in [2.24, 2.45) is 0 Å². The van der Waals surface area contributed by atoms with E-state index in [4.69, 9.17) is 0 Å². The molecular weight excluding hydrogens is 265 g/mol. The second-order valence-electron chi connectivity index (χ2n) is 3.62. The van der Waals surface area contributed by atoms with Crippen molar-refractivity contribution in [2.75, 3.05) is 0 Å². The highest BCUT2D eigenvalue weighted by Crippen LogP contribution is 2.36. The molecule has 2 nitrogen and oxygen atoms in total. The maximum Gasteiger partial charge on any atom is 0.416 e. The minimum absolute atomic E-state index is 0.228. The molecule has 0 aliphatic carbocycles. The zero-order chi connectivity index (χ0) is 13.3. The summed E-state index contributed by atoms with van der Waals surface area (Å²) in [5, 5.41) is 10.9. The number of phenolic OH excluding ortho intramolecular Hbond substituents is 1. The molecule has 1 aromatic carbocycles. The van der Waals surface area contributed by atoms with Gasteiger partial charge in [0.15, 0.2) is 6.29 Å². The molecule has 0 radical (unpaired) electrons. The Bertz CT molecular complexity index is 587. The molecule has 0 amide bonds. The van der Waals surface area contributed by atoms with E-state index < -0.39 is 17.5 Å². The fourth-order valence-corrected chi connectivity index (χ4v) is 2.23. The van der Waals surface area contributed by atoms with Gasteiger partial charge in [-0.2, -0.15) is 13.2 Å². The third-order valence-corrected chi connectivity index (χ3v) is 3.17. The second kappa shape index (κ2) is 4.45. The zero-order valence-electron chi connectivity index (χ0n) is 8.86. The number of phenols is 1. The molecule has 6 heteroatoms. The molecule has 1 heterocycles. The van der Waals surface area contributed by atoms with Gasteiger partial charge in [0.2, 0.25) is 0 Å². The Balaban J connectivity index is 2.51. The van der Waals surface area contributed by atoms with Gasteiger partial charge in [-0.1, -0.05) is 0 Å². The molecule has 18 heavy (non-hydrogen) atoms. The first-order valence-corrected chi connectivity index (χ1v) is 5.73. The van der Waals surface area contributed by atoms with Crippen LogP contribution in [0.3, 0.4) is 0 Å². The number of halogens is 3. The predicted octanol–water partition coefficient (Wildman–Crippen LogP) is 3.95. The summed E-state index contributed by atoms with van der Waals surface area (Å²) in [6.45, 7) is 0. The lowest BCUT2D eigenvalue weighted by Crippen LogP contribution is -2.04. The molecule has 0 unspecified atom stereocenters. The summed E-state index contributed by atoms with van der Waals surface area (Å²) >= 11 is 1.13. The number of carbonyl (C=O) groups is 1. The number of aromatic hydroxyl groups is 1. The summed E-state index contributed by atoms with van der Waals surface area (Å²) in [5.74, 6) is -0.460. The topological polar surface area (TPSA) is 37.3 Å². The van der Waals surface area contributed by atoms with Gasteiger partial charge in [-0.25, -0.2) is 0 Å². The molecule has 0 spiro atoms. The van der Waals surface area contributed by atoms with E-state index in [2.05, 4.69) is 0 Å². The molecule has 0 atom stereocenters. The molecule has 0 bridgehead atoms. The average molecular weight is 272 g/mol. The second-order valence-corrected chi connectivity index (χ2v) is 4.56. The fourth-order valence-electron chi connectivity index (χ4n) is 1.51. The first kappa shape index (κ1) is 12.6. The lowest BCUT2D eigenvalue weighted by atomic mass is 10.0. The molecule has 2 aromatic rings. The van der Waals surface area contributed by atoms with Crippen LogP contribution >= 0.6 is 11.3 Å². The van der Waals surface area contributed by atoms with E-state index in [1.807, 2.05) is 0 Å². The summed E-state index contributed by atoms with van der Waals surface area (Å²) < 4.78 is 37.7. The lowest BCUT2D eigenvalue weighted by molar-refractivity contribution is -0.137. The predicted molar refractivity (Wildman–Crippen MR) is 61.8 cm³/mol. The van der Waals surface area contributed by atoms with Gasteiger partial charge < -0.3 is 5.11 Å². The molecule has 1 N–H and O–H groups in total. The van der Waals surface area contributed by atoms with Crippen molar-refractivity contribution in [2.45, 2.75) is 6.18 Å². The highest BCUT2D eigenvalue weighted by molar-refractivity contribution is 7.12. The summed E-state index contributed by atoms with van der Waals surface area (Å²) in [6, 6.07) is 4.31. The Hall–Kier alpha value is -1.82. The molecule has 2 rings (SSSR count). The first-order chi connectivity index (χ1) is 8.40. The third-order valence-electron chi connectivity index (χ3n) is 2.31. The van der Waals surface area contributed by atoms with Gasteiger partial charge in [-0.15, -0.1) is 11.3 Å². The van der Waals surface area contributed by atoms with E-state index in [-0.39, 0.29) is 5.56 Å². The third kappa shape index (κ3) is 2.53. The minimum Gasteiger partial charge on any atom is -0.508 e. The van der Waals surface area contributed by atoms with Gasteiger partial charge >= 0.3 is 6.18 Å². The van der Waals surface area contributed by atoms with Gasteiger partial charge in [-0.05, 0) is 40.8 Å². The van der Waals surface area contributed by atoms with Crippen LogP contribution in [0.1, 0.15) is 15.2 Å². The molecule has 94 valence electrons. The van der Waals surface area contributed by atoms with Crippen LogP contribution in [0, 0.1) is 0 Å². The quantitative estimate of drug-likeness (QED) is 0.840. The van der Waals surface area contributed by atoms with Crippen LogP contribution in [-0.2, 0) is 6.18 Å². The van der Waals surface area contributed by atoms with Crippen molar-refractivity contribution < 1.29 is 23.1 Å². The molecule has 0 saturated carbocycles. The van der Waals surface area contributed by atoms with Gasteiger partial charge in [-0.3, -0.25) is 4.79 Å². The smallest absolute Gasteiger partial charge is 0.416 e. The number of rotatable bonds is 2. The minimum atomic E-state index is -4.52. The largest absolute Gasteiger partial charge is 0.508 e. The SMILES string of the molecule is O=Cc1cc(-c2cc(O)cc(C(F)(F)F)c2)cs1. The van der Waals surface area contributed by atoms with Gasteiger partial charge in [0.05, 0.1) is 10.4 Å². The first-order valence-electron chi connectivity index (χ1n) is 4.85. The molecule has 1 aromatic heterocycles. The average Bonchev–Trinajstić information content (AvgIpc) is 2.75. The Morgan fingerprint density at radius 3 is 2.39 bits per heavy atom.